The largest absolute Gasteiger partial charge is 0.363 e. The highest BCUT2D eigenvalue weighted by Crippen LogP contribution is 2.24. The summed E-state index contributed by atoms with van der Waals surface area (Å²) in [5, 5.41) is 7.44. The van der Waals surface area contributed by atoms with Crippen LogP contribution in [-0.4, -0.2) is 42.1 Å². The van der Waals surface area contributed by atoms with Crippen LogP contribution in [0.2, 0.25) is 10.0 Å². The minimum absolute atomic E-state index is 0.138. The molecule has 3 rings (SSSR count). The first-order chi connectivity index (χ1) is 13.3. The molecule has 0 atom stereocenters. The van der Waals surface area contributed by atoms with Crippen molar-refractivity contribution in [2.75, 3.05) is 24.3 Å². The Kier molecular flexibility index (Phi) is 6.62. The van der Waals surface area contributed by atoms with Gasteiger partial charge in [-0.2, -0.15) is 4.98 Å². The zero-order chi connectivity index (χ0) is 20.3. The molecule has 1 aromatic carbocycles. The third kappa shape index (κ3) is 5.49. The number of aromatic nitrogens is 2. The molecule has 1 aliphatic carbocycles. The van der Waals surface area contributed by atoms with Crippen LogP contribution in [0.15, 0.2) is 24.3 Å². The van der Waals surface area contributed by atoms with Gasteiger partial charge < -0.3 is 15.5 Å². The molecule has 2 aromatic rings. The van der Waals surface area contributed by atoms with Gasteiger partial charge in [-0.3, -0.25) is 4.79 Å². The van der Waals surface area contributed by atoms with E-state index in [1.807, 2.05) is 32.0 Å². The van der Waals surface area contributed by atoms with Gasteiger partial charge in [-0.25, -0.2) is 4.98 Å². The Hall–Kier alpha value is -2.05. The van der Waals surface area contributed by atoms with Crippen LogP contribution in [0.3, 0.4) is 0 Å². The number of hydrogen-bond donors (Lipinski definition) is 2. The molecule has 0 bridgehead atoms. The molecule has 2 N–H and O–H groups in total. The molecule has 0 radical (unpaired) electrons. The molecule has 150 valence electrons. The fourth-order valence-corrected chi connectivity index (χ4v) is 3.89. The van der Waals surface area contributed by atoms with Crippen molar-refractivity contribution < 1.29 is 4.79 Å². The molecule has 0 saturated heterocycles. The Labute approximate surface area is 175 Å². The first-order valence-electron chi connectivity index (χ1n) is 9.36. The predicted octanol–water partition coefficient (Wildman–Crippen LogP) is 4.31. The van der Waals surface area contributed by atoms with Gasteiger partial charge in [0.15, 0.2) is 0 Å². The Balaban J connectivity index is 1.54. The molecule has 1 fully saturated rings. The lowest BCUT2D eigenvalue weighted by Crippen LogP contribution is -2.40. The van der Waals surface area contributed by atoms with E-state index in [2.05, 4.69) is 20.6 Å². The first kappa shape index (κ1) is 20.7. The lowest BCUT2D eigenvalue weighted by atomic mass is 9.91. The molecule has 1 amide bonds. The van der Waals surface area contributed by atoms with Crippen molar-refractivity contribution in [3.63, 3.8) is 0 Å². The summed E-state index contributed by atoms with van der Waals surface area (Å²) in [5.41, 5.74) is 1.42. The van der Waals surface area contributed by atoms with Gasteiger partial charge in [0.1, 0.15) is 5.82 Å². The lowest BCUT2D eigenvalue weighted by molar-refractivity contribution is 0.0926. The highest BCUT2D eigenvalue weighted by Gasteiger charge is 2.23. The van der Waals surface area contributed by atoms with E-state index < -0.39 is 0 Å². The third-order valence-corrected chi connectivity index (χ3v) is 5.26. The van der Waals surface area contributed by atoms with Crippen LogP contribution in [0.5, 0.6) is 0 Å². The van der Waals surface area contributed by atoms with E-state index in [4.69, 9.17) is 23.2 Å². The van der Waals surface area contributed by atoms with Crippen molar-refractivity contribution in [2.24, 2.45) is 0 Å². The second-order valence-electron chi connectivity index (χ2n) is 7.41. The second kappa shape index (κ2) is 8.97. The zero-order valence-electron chi connectivity index (χ0n) is 16.3. The first-order valence-corrected chi connectivity index (χ1v) is 10.1. The average molecular weight is 422 g/mol. The average Bonchev–Trinajstić information content (AvgIpc) is 2.62. The van der Waals surface area contributed by atoms with E-state index in [0.717, 1.165) is 37.2 Å². The molecule has 8 heteroatoms. The molecule has 28 heavy (non-hydrogen) atoms. The van der Waals surface area contributed by atoms with Crippen molar-refractivity contribution in [1.29, 1.82) is 0 Å². The van der Waals surface area contributed by atoms with Crippen molar-refractivity contribution in [2.45, 2.75) is 44.7 Å². The van der Waals surface area contributed by atoms with E-state index in [-0.39, 0.29) is 11.9 Å². The molecular formula is C20H25Cl2N5O. The normalized spacial score (nSPS) is 19.2. The van der Waals surface area contributed by atoms with Crippen molar-refractivity contribution in [3.8, 4) is 0 Å². The Morgan fingerprint density at radius 2 is 1.61 bits per heavy atom. The SMILES string of the molecule is Cc1cc(N(C)C)nc(NC2CCC(NC(=O)c3cc(Cl)cc(Cl)c3)CC2)n1. The van der Waals surface area contributed by atoms with Gasteiger partial charge in [-0.05, 0) is 50.8 Å². The lowest BCUT2D eigenvalue weighted by Gasteiger charge is -2.30. The summed E-state index contributed by atoms with van der Waals surface area (Å²) in [6, 6.07) is 7.27. The number of rotatable bonds is 5. The number of hydrogen-bond acceptors (Lipinski definition) is 5. The van der Waals surface area contributed by atoms with Crippen LogP contribution in [-0.2, 0) is 0 Å². The van der Waals surface area contributed by atoms with E-state index >= 15 is 0 Å². The summed E-state index contributed by atoms with van der Waals surface area (Å²) in [6.45, 7) is 1.97. The Bertz CT molecular complexity index is 830. The Morgan fingerprint density at radius 1 is 1.00 bits per heavy atom. The van der Waals surface area contributed by atoms with Crippen LogP contribution in [0.1, 0.15) is 41.7 Å². The van der Waals surface area contributed by atoms with E-state index in [1.165, 1.54) is 0 Å². The van der Waals surface area contributed by atoms with E-state index in [0.29, 0.717) is 27.6 Å². The number of anilines is 2. The van der Waals surface area contributed by atoms with E-state index in [9.17, 15) is 4.79 Å². The number of carbonyl (C=O) groups is 1. The smallest absolute Gasteiger partial charge is 0.251 e. The number of carbonyl (C=O) groups excluding carboxylic acids is 1. The highest BCUT2D eigenvalue weighted by molar-refractivity contribution is 6.35. The standard InChI is InChI=1S/C20H25Cl2N5O/c1-12-8-18(27(2)3)26-20(23-12)25-17-6-4-16(5-7-17)24-19(28)13-9-14(21)11-15(22)10-13/h8-11,16-17H,4-7H2,1-3H3,(H,24,28)(H,23,25,26). The van der Waals surface area contributed by atoms with Crippen LogP contribution < -0.4 is 15.5 Å². The highest BCUT2D eigenvalue weighted by atomic mass is 35.5. The molecule has 0 unspecified atom stereocenters. The molecule has 1 heterocycles. The van der Waals surface area contributed by atoms with Crippen LogP contribution in [0.25, 0.3) is 0 Å². The molecule has 1 aliphatic rings. The van der Waals surface area contributed by atoms with Crippen molar-refractivity contribution >= 4 is 40.9 Å². The third-order valence-electron chi connectivity index (χ3n) is 4.82. The molecule has 6 nitrogen and oxygen atoms in total. The number of halogens is 2. The second-order valence-corrected chi connectivity index (χ2v) is 8.28. The zero-order valence-corrected chi connectivity index (χ0v) is 17.8. The number of aryl methyl sites for hydroxylation is 1. The molecule has 1 saturated carbocycles. The fraction of sp³-hybridized carbons (Fsp3) is 0.450. The number of benzene rings is 1. The predicted molar refractivity (Wildman–Crippen MR) is 115 cm³/mol. The number of nitrogens with zero attached hydrogens (tertiary/aromatic N) is 3. The summed E-state index contributed by atoms with van der Waals surface area (Å²) in [5.74, 6) is 1.40. The number of amides is 1. The van der Waals surface area contributed by atoms with Crippen LogP contribution >= 0.6 is 23.2 Å². The van der Waals surface area contributed by atoms with Crippen LogP contribution in [0.4, 0.5) is 11.8 Å². The van der Waals surface area contributed by atoms with Gasteiger partial charge in [0.05, 0.1) is 0 Å². The summed E-state index contributed by atoms with van der Waals surface area (Å²) >= 11 is 12.0. The number of nitrogens with one attached hydrogen (secondary N) is 2. The minimum Gasteiger partial charge on any atom is -0.363 e. The molecular weight excluding hydrogens is 397 g/mol. The summed E-state index contributed by atoms with van der Waals surface area (Å²) in [6.07, 6.45) is 3.67. The summed E-state index contributed by atoms with van der Waals surface area (Å²) in [7, 11) is 3.93. The van der Waals surface area contributed by atoms with Crippen molar-refractivity contribution in [3.05, 3.63) is 45.6 Å². The van der Waals surface area contributed by atoms with Crippen molar-refractivity contribution in [1.82, 2.24) is 15.3 Å². The molecule has 1 aromatic heterocycles. The quantitative estimate of drug-likeness (QED) is 0.752. The molecule has 0 spiro atoms. The van der Waals surface area contributed by atoms with Gasteiger partial charge in [-0.15, -0.1) is 0 Å². The monoisotopic (exact) mass is 421 g/mol. The molecule has 0 aliphatic heterocycles. The maximum Gasteiger partial charge on any atom is 0.251 e. The minimum atomic E-state index is -0.140. The van der Waals surface area contributed by atoms with E-state index in [1.54, 1.807) is 18.2 Å². The topological polar surface area (TPSA) is 70.2 Å². The summed E-state index contributed by atoms with van der Waals surface area (Å²) in [4.78, 5) is 23.5. The van der Waals surface area contributed by atoms with Crippen LogP contribution in [0, 0.1) is 6.92 Å². The van der Waals surface area contributed by atoms with Gasteiger partial charge in [0.25, 0.3) is 5.91 Å². The Morgan fingerprint density at radius 3 is 2.21 bits per heavy atom. The van der Waals surface area contributed by atoms with Gasteiger partial charge >= 0.3 is 0 Å². The fourth-order valence-electron chi connectivity index (χ4n) is 3.36. The van der Waals surface area contributed by atoms with Gasteiger partial charge in [0.2, 0.25) is 5.95 Å². The van der Waals surface area contributed by atoms with Gasteiger partial charge in [-0.1, -0.05) is 23.2 Å². The summed E-state index contributed by atoms with van der Waals surface area (Å²) < 4.78 is 0. The maximum absolute atomic E-state index is 12.5. The maximum atomic E-state index is 12.5. The van der Waals surface area contributed by atoms with Gasteiger partial charge in [0, 0.05) is 53.5 Å².